The molecule has 1 heterocycles. The van der Waals surface area contributed by atoms with E-state index < -0.39 is 0 Å². The molecule has 7 heavy (non-hydrogen) atoms. The predicted molar refractivity (Wildman–Crippen MR) is 24.3 cm³/mol. The van der Waals surface area contributed by atoms with Gasteiger partial charge < -0.3 is 0 Å². The highest BCUT2D eigenvalue weighted by atomic mass is 15.3. The molecule has 0 amide bonds. The Hall–Kier alpha value is -1.30. The fraction of sp³-hybridized carbons (Fsp3) is 0. The monoisotopic (exact) mass is 93.0 g/mol. The van der Waals surface area contributed by atoms with Crippen molar-refractivity contribution in [2.24, 2.45) is 0 Å². The molecule has 0 aliphatic carbocycles. The van der Waals surface area contributed by atoms with E-state index in [1.807, 2.05) is 0 Å². The fourth-order valence-corrected chi connectivity index (χ4v) is 0.271. The lowest BCUT2D eigenvalue weighted by Crippen LogP contribution is -1.69. The van der Waals surface area contributed by atoms with Gasteiger partial charge in [0.15, 0.2) is 5.69 Å². The van der Waals surface area contributed by atoms with Gasteiger partial charge in [-0.2, -0.15) is 10.3 Å². The van der Waals surface area contributed by atoms with E-state index in [2.05, 4.69) is 21.3 Å². The van der Waals surface area contributed by atoms with Crippen LogP contribution in [-0.2, 0) is 0 Å². The molecule has 3 heteroatoms. The minimum absolute atomic E-state index is 0.542. The lowest BCUT2D eigenvalue weighted by atomic mass is 10.5. The molecule has 0 aliphatic heterocycles. The average molecular weight is 93.1 g/mol. The van der Waals surface area contributed by atoms with Crippen molar-refractivity contribution in [1.29, 1.82) is 0 Å². The summed E-state index contributed by atoms with van der Waals surface area (Å²) in [6.45, 7) is 0. The minimum atomic E-state index is 0.542. The van der Waals surface area contributed by atoms with Gasteiger partial charge in [0.05, 0.1) is 6.20 Å². The SMILES string of the molecule is C#Cc1cn[nH]n1. The molecule has 0 saturated carbocycles. The first kappa shape index (κ1) is 3.88. The van der Waals surface area contributed by atoms with Crippen LogP contribution >= 0.6 is 0 Å². The maximum atomic E-state index is 4.92. The molecule has 1 rings (SSSR count). The van der Waals surface area contributed by atoms with Crippen molar-refractivity contribution in [3.05, 3.63) is 11.9 Å². The molecule has 0 aromatic carbocycles. The molecule has 0 radical (unpaired) electrons. The van der Waals surface area contributed by atoms with E-state index in [1.165, 1.54) is 6.20 Å². The number of terminal acetylenes is 1. The van der Waals surface area contributed by atoms with Crippen LogP contribution in [0.15, 0.2) is 6.20 Å². The second kappa shape index (κ2) is 1.43. The molecule has 0 spiro atoms. The molecule has 0 saturated heterocycles. The van der Waals surface area contributed by atoms with Crippen molar-refractivity contribution in [2.75, 3.05) is 0 Å². The van der Waals surface area contributed by atoms with E-state index in [4.69, 9.17) is 6.42 Å². The van der Waals surface area contributed by atoms with Crippen molar-refractivity contribution >= 4 is 0 Å². The van der Waals surface area contributed by atoms with Crippen LogP contribution in [0.3, 0.4) is 0 Å². The molecule has 1 N–H and O–H groups in total. The Morgan fingerprint density at radius 3 is 3.00 bits per heavy atom. The number of hydrogen-bond donors (Lipinski definition) is 1. The Morgan fingerprint density at radius 1 is 1.86 bits per heavy atom. The van der Waals surface area contributed by atoms with E-state index >= 15 is 0 Å². The summed E-state index contributed by atoms with van der Waals surface area (Å²) in [6, 6.07) is 0. The van der Waals surface area contributed by atoms with Crippen molar-refractivity contribution < 1.29 is 0 Å². The average Bonchev–Trinajstić information content (AvgIpc) is 2.14. The van der Waals surface area contributed by atoms with Crippen LogP contribution in [0, 0.1) is 12.3 Å². The van der Waals surface area contributed by atoms with E-state index in [1.54, 1.807) is 0 Å². The fourth-order valence-electron chi connectivity index (χ4n) is 0.271. The zero-order valence-electron chi connectivity index (χ0n) is 3.55. The summed E-state index contributed by atoms with van der Waals surface area (Å²) in [7, 11) is 0. The van der Waals surface area contributed by atoms with E-state index in [-0.39, 0.29) is 0 Å². The van der Waals surface area contributed by atoms with Crippen molar-refractivity contribution in [3.63, 3.8) is 0 Å². The van der Waals surface area contributed by atoms with Crippen LogP contribution < -0.4 is 0 Å². The molecular formula is C4H3N3. The summed E-state index contributed by atoms with van der Waals surface area (Å²) < 4.78 is 0. The third-order valence-corrected chi connectivity index (χ3v) is 0.563. The van der Waals surface area contributed by atoms with E-state index in [0.29, 0.717) is 5.69 Å². The highest BCUT2D eigenvalue weighted by Gasteiger charge is 1.81. The number of H-pyrrole nitrogens is 1. The lowest BCUT2D eigenvalue weighted by Gasteiger charge is -1.63. The summed E-state index contributed by atoms with van der Waals surface area (Å²) in [5.41, 5.74) is 0.542. The Labute approximate surface area is 40.7 Å². The third-order valence-electron chi connectivity index (χ3n) is 0.563. The van der Waals surface area contributed by atoms with Gasteiger partial charge in [-0.15, -0.1) is 11.5 Å². The molecule has 34 valence electrons. The van der Waals surface area contributed by atoms with E-state index in [9.17, 15) is 0 Å². The number of rotatable bonds is 0. The highest BCUT2D eigenvalue weighted by Crippen LogP contribution is 1.78. The number of nitrogens with zero attached hydrogens (tertiary/aromatic N) is 2. The van der Waals surface area contributed by atoms with Crippen molar-refractivity contribution in [1.82, 2.24) is 15.4 Å². The highest BCUT2D eigenvalue weighted by molar-refractivity contribution is 5.17. The summed E-state index contributed by atoms with van der Waals surface area (Å²) in [5.74, 6) is 2.30. The van der Waals surface area contributed by atoms with Gasteiger partial charge in [-0.25, -0.2) is 0 Å². The van der Waals surface area contributed by atoms with Crippen LogP contribution in [-0.4, -0.2) is 15.4 Å². The minimum Gasteiger partial charge on any atom is -0.197 e. The van der Waals surface area contributed by atoms with Gasteiger partial charge in [0.1, 0.15) is 0 Å². The first-order valence-electron chi connectivity index (χ1n) is 1.76. The third kappa shape index (κ3) is 0.578. The number of aromatic nitrogens is 3. The van der Waals surface area contributed by atoms with Crippen LogP contribution in [0.4, 0.5) is 0 Å². The van der Waals surface area contributed by atoms with Gasteiger partial charge in [-0.3, -0.25) is 0 Å². The van der Waals surface area contributed by atoms with Gasteiger partial charge in [0.25, 0.3) is 0 Å². The standard InChI is InChI=1S/C4H3N3/c1-2-4-3-5-7-6-4/h1,3H,(H,5,6,7). The second-order valence-corrected chi connectivity index (χ2v) is 1.000. The topological polar surface area (TPSA) is 41.6 Å². The quantitative estimate of drug-likeness (QED) is 0.451. The van der Waals surface area contributed by atoms with Gasteiger partial charge in [-0.1, -0.05) is 0 Å². The zero-order valence-corrected chi connectivity index (χ0v) is 3.55. The molecule has 0 unspecified atom stereocenters. The Bertz CT molecular complexity index is 169. The smallest absolute Gasteiger partial charge is 0.155 e. The van der Waals surface area contributed by atoms with Crippen LogP contribution in [0.25, 0.3) is 0 Å². The molecule has 0 bridgehead atoms. The van der Waals surface area contributed by atoms with Gasteiger partial charge in [0.2, 0.25) is 0 Å². The largest absolute Gasteiger partial charge is 0.197 e. The van der Waals surface area contributed by atoms with Gasteiger partial charge in [0, 0.05) is 0 Å². The van der Waals surface area contributed by atoms with Crippen LogP contribution in [0.2, 0.25) is 0 Å². The van der Waals surface area contributed by atoms with Crippen molar-refractivity contribution in [3.8, 4) is 12.3 Å². The summed E-state index contributed by atoms with van der Waals surface area (Å²) >= 11 is 0. The van der Waals surface area contributed by atoms with Gasteiger partial charge in [-0.05, 0) is 5.92 Å². The Morgan fingerprint density at radius 2 is 2.71 bits per heavy atom. The predicted octanol–water partition coefficient (Wildman–Crippen LogP) is -0.214. The van der Waals surface area contributed by atoms with Gasteiger partial charge >= 0.3 is 0 Å². The molecule has 1 aromatic rings. The maximum absolute atomic E-state index is 4.92. The van der Waals surface area contributed by atoms with Crippen molar-refractivity contribution in [2.45, 2.75) is 0 Å². The Balaban J connectivity index is 3.04. The molecular weight excluding hydrogens is 90.1 g/mol. The molecule has 3 nitrogen and oxygen atoms in total. The Kier molecular flexibility index (Phi) is 0.794. The number of nitrogens with one attached hydrogen (secondary N) is 1. The molecule has 0 atom stereocenters. The maximum Gasteiger partial charge on any atom is 0.155 e. The normalized spacial score (nSPS) is 7.86. The number of hydrogen-bond acceptors (Lipinski definition) is 2. The summed E-state index contributed by atoms with van der Waals surface area (Å²) in [4.78, 5) is 0. The first-order chi connectivity index (χ1) is 3.43. The molecule has 0 aliphatic rings. The lowest BCUT2D eigenvalue weighted by molar-refractivity contribution is 0.936. The first-order valence-corrected chi connectivity index (χ1v) is 1.76. The van der Waals surface area contributed by atoms with E-state index in [0.717, 1.165) is 0 Å². The molecule has 1 aromatic heterocycles. The zero-order chi connectivity index (χ0) is 5.11. The number of aromatic amines is 1. The summed E-state index contributed by atoms with van der Waals surface area (Å²) in [6.07, 6.45) is 6.41. The van der Waals surface area contributed by atoms with Crippen LogP contribution in [0.1, 0.15) is 5.69 Å². The molecule has 0 fully saturated rings. The van der Waals surface area contributed by atoms with Crippen LogP contribution in [0.5, 0.6) is 0 Å². The second-order valence-electron chi connectivity index (χ2n) is 1.000. The summed E-state index contributed by atoms with van der Waals surface area (Å²) in [5, 5.41) is 9.42.